The molecule has 0 saturated heterocycles. The maximum Gasteiger partial charge on any atom is 0.344 e. The van der Waals surface area contributed by atoms with Crippen LogP contribution in [0.25, 0.3) is 0 Å². The number of hydrogen-bond acceptors (Lipinski definition) is 1. The second-order valence-electron chi connectivity index (χ2n) is 3.51. The highest BCUT2D eigenvalue weighted by Gasteiger charge is 2.38. The fraction of sp³-hybridized carbons (Fsp3) is 1.00. The second-order valence-corrected chi connectivity index (χ2v) is 5.45. The average molecular weight is 191 g/mol. The summed E-state index contributed by atoms with van der Waals surface area (Å²) in [6, 6.07) is 0. The van der Waals surface area contributed by atoms with Crippen LogP contribution in [0.3, 0.4) is 0 Å². The van der Waals surface area contributed by atoms with Crippen LogP contribution in [0, 0.1) is 0 Å². The highest BCUT2D eigenvalue weighted by Crippen LogP contribution is 2.40. The zero-order chi connectivity index (χ0) is 8.97. The topological polar surface area (TPSA) is 17.1 Å². The van der Waals surface area contributed by atoms with Gasteiger partial charge in [-0.15, -0.1) is 0 Å². The monoisotopic (exact) mass is 191 g/mol. The van der Waals surface area contributed by atoms with Crippen LogP contribution in [0.15, 0.2) is 0 Å². The van der Waals surface area contributed by atoms with Gasteiger partial charge in [-0.25, -0.2) is 4.39 Å². The van der Waals surface area contributed by atoms with Crippen LogP contribution in [0.2, 0.25) is 0 Å². The Morgan fingerprint density at radius 2 is 2.08 bits per heavy atom. The molecule has 0 aromatic heterocycles. The van der Waals surface area contributed by atoms with Crippen LogP contribution in [0.5, 0.6) is 0 Å². The van der Waals surface area contributed by atoms with E-state index in [0.29, 0.717) is 12.6 Å². The van der Waals surface area contributed by atoms with Gasteiger partial charge in [-0.2, -0.15) is 0 Å². The molecule has 3 unspecified atom stereocenters. The molecule has 0 aliphatic heterocycles. The number of hydrogen-bond donors (Lipinski definition) is 0. The summed E-state index contributed by atoms with van der Waals surface area (Å²) in [5.74, 6) is 0. The lowest BCUT2D eigenvalue weighted by molar-refractivity contribution is 0.254. The SMILES string of the molecule is CCC[P+](=O)C1CCCCC1F. The summed E-state index contributed by atoms with van der Waals surface area (Å²) in [6.07, 6.45) is 4.36. The van der Waals surface area contributed by atoms with Crippen LogP contribution in [0.1, 0.15) is 39.0 Å². The van der Waals surface area contributed by atoms with Gasteiger partial charge in [-0.1, -0.05) is 17.9 Å². The van der Waals surface area contributed by atoms with Gasteiger partial charge in [0, 0.05) is 0 Å². The molecule has 1 nitrogen and oxygen atoms in total. The zero-order valence-electron chi connectivity index (χ0n) is 7.63. The quantitative estimate of drug-likeness (QED) is 0.624. The molecule has 1 aliphatic rings. The van der Waals surface area contributed by atoms with Crippen molar-refractivity contribution in [2.75, 3.05) is 6.16 Å². The number of halogens is 1. The molecule has 1 fully saturated rings. The minimum atomic E-state index is -1.26. The highest BCUT2D eigenvalue weighted by molar-refractivity contribution is 7.45. The summed E-state index contributed by atoms with van der Waals surface area (Å²) in [5, 5.41) is 0. The Balaban J connectivity index is 2.42. The molecule has 0 bridgehead atoms. The van der Waals surface area contributed by atoms with Gasteiger partial charge in [-0.3, -0.25) is 0 Å². The van der Waals surface area contributed by atoms with E-state index in [1.807, 2.05) is 6.92 Å². The van der Waals surface area contributed by atoms with Crippen molar-refractivity contribution in [2.45, 2.75) is 50.9 Å². The Labute approximate surface area is 74.5 Å². The minimum absolute atomic E-state index is 0.117. The molecule has 0 amide bonds. The summed E-state index contributed by atoms with van der Waals surface area (Å²) < 4.78 is 24.8. The molecule has 3 heteroatoms. The Morgan fingerprint density at radius 1 is 1.42 bits per heavy atom. The van der Waals surface area contributed by atoms with E-state index >= 15 is 0 Å². The summed E-state index contributed by atoms with van der Waals surface area (Å²) >= 11 is 0. The molecular formula is C9H17FOP+. The summed E-state index contributed by atoms with van der Waals surface area (Å²) in [5.41, 5.74) is -0.117. The van der Waals surface area contributed by atoms with E-state index in [2.05, 4.69) is 0 Å². The summed E-state index contributed by atoms with van der Waals surface area (Å²) in [4.78, 5) is 0. The standard InChI is InChI=1S/C9H17FOP/c1-2-7-12(11)9-6-4-3-5-8(9)10/h8-9H,2-7H2,1H3/q+1. The van der Waals surface area contributed by atoms with Crippen LogP contribution in [-0.4, -0.2) is 18.0 Å². The summed E-state index contributed by atoms with van der Waals surface area (Å²) in [6.45, 7) is 2.00. The predicted octanol–water partition coefficient (Wildman–Crippen LogP) is 3.50. The van der Waals surface area contributed by atoms with Crippen LogP contribution < -0.4 is 0 Å². The molecule has 0 heterocycles. The van der Waals surface area contributed by atoms with Gasteiger partial charge in [0.25, 0.3) is 0 Å². The van der Waals surface area contributed by atoms with E-state index in [-0.39, 0.29) is 5.66 Å². The molecule has 0 aromatic carbocycles. The van der Waals surface area contributed by atoms with Crippen molar-refractivity contribution in [1.29, 1.82) is 0 Å². The Bertz CT molecular complexity index is 161. The Morgan fingerprint density at radius 3 is 2.67 bits per heavy atom. The average Bonchev–Trinajstić information content (AvgIpc) is 2.05. The molecule has 1 saturated carbocycles. The van der Waals surface area contributed by atoms with E-state index < -0.39 is 14.0 Å². The van der Waals surface area contributed by atoms with Gasteiger partial charge in [0.2, 0.25) is 0 Å². The van der Waals surface area contributed by atoms with Gasteiger partial charge in [0.1, 0.15) is 12.3 Å². The van der Waals surface area contributed by atoms with Crippen LogP contribution in [0.4, 0.5) is 4.39 Å². The minimum Gasteiger partial charge on any atom is -0.242 e. The fourth-order valence-electron chi connectivity index (χ4n) is 1.78. The van der Waals surface area contributed by atoms with E-state index in [4.69, 9.17) is 0 Å². The van der Waals surface area contributed by atoms with E-state index in [0.717, 1.165) is 25.7 Å². The van der Waals surface area contributed by atoms with Gasteiger partial charge >= 0.3 is 7.80 Å². The number of alkyl halides is 1. The summed E-state index contributed by atoms with van der Waals surface area (Å²) in [7, 11) is -1.26. The Hall–Kier alpha value is 0.0300. The third-order valence-electron chi connectivity index (χ3n) is 2.46. The maximum atomic E-state index is 13.2. The van der Waals surface area contributed by atoms with Crippen molar-refractivity contribution in [3.8, 4) is 0 Å². The molecule has 0 aromatic rings. The molecule has 12 heavy (non-hydrogen) atoms. The fourth-order valence-corrected chi connectivity index (χ4v) is 3.53. The number of rotatable bonds is 3. The lowest BCUT2D eigenvalue weighted by Gasteiger charge is -2.17. The van der Waals surface area contributed by atoms with Crippen molar-refractivity contribution in [2.24, 2.45) is 0 Å². The Kier molecular flexibility index (Phi) is 4.14. The van der Waals surface area contributed by atoms with E-state index in [1.165, 1.54) is 0 Å². The van der Waals surface area contributed by atoms with Crippen molar-refractivity contribution in [3.63, 3.8) is 0 Å². The van der Waals surface area contributed by atoms with Crippen LogP contribution >= 0.6 is 7.80 Å². The molecule has 70 valence electrons. The molecule has 3 atom stereocenters. The first-order chi connectivity index (χ1) is 5.75. The second kappa shape index (κ2) is 4.91. The third-order valence-corrected chi connectivity index (χ3v) is 4.67. The largest absolute Gasteiger partial charge is 0.344 e. The van der Waals surface area contributed by atoms with Crippen molar-refractivity contribution in [1.82, 2.24) is 0 Å². The van der Waals surface area contributed by atoms with E-state index in [9.17, 15) is 8.96 Å². The zero-order valence-corrected chi connectivity index (χ0v) is 8.53. The molecular weight excluding hydrogens is 174 g/mol. The molecule has 0 N–H and O–H groups in total. The van der Waals surface area contributed by atoms with Crippen molar-refractivity contribution < 1.29 is 8.96 Å². The molecule has 0 spiro atoms. The normalized spacial score (nSPS) is 31.7. The van der Waals surface area contributed by atoms with Gasteiger partial charge in [0.05, 0.1) is 0 Å². The first kappa shape index (κ1) is 10.1. The van der Waals surface area contributed by atoms with Gasteiger partial charge in [-0.05, 0) is 25.7 Å². The lowest BCUT2D eigenvalue weighted by atomic mass is 9.98. The van der Waals surface area contributed by atoms with Crippen molar-refractivity contribution >= 4 is 7.80 Å². The van der Waals surface area contributed by atoms with Gasteiger partial charge < -0.3 is 0 Å². The third kappa shape index (κ3) is 2.52. The molecule has 1 rings (SSSR count). The van der Waals surface area contributed by atoms with E-state index in [1.54, 1.807) is 0 Å². The highest BCUT2D eigenvalue weighted by atomic mass is 31.1. The van der Waals surface area contributed by atoms with Crippen molar-refractivity contribution in [3.05, 3.63) is 0 Å². The maximum absolute atomic E-state index is 13.2. The lowest BCUT2D eigenvalue weighted by Crippen LogP contribution is -2.23. The van der Waals surface area contributed by atoms with Crippen LogP contribution in [-0.2, 0) is 4.57 Å². The molecule has 1 aliphatic carbocycles. The first-order valence-electron chi connectivity index (χ1n) is 4.83. The smallest absolute Gasteiger partial charge is 0.242 e. The first-order valence-corrected chi connectivity index (χ1v) is 6.35. The predicted molar refractivity (Wildman–Crippen MR) is 49.9 cm³/mol. The van der Waals surface area contributed by atoms with Gasteiger partial charge in [0.15, 0.2) is 5.66 Å². The molecule has 0 radical (unpaired) electrons.